The number of sulfonamides is 1. The van der Waals surface area contributed by atoms with E-state index in [1.54, 1.807) is 18.2 Å². The minimum absolute atomic E-state index is 0.0187. The van der Waals surface area contributed by atoms with Crippen LogP contribution in [-0.4, -0.2) is 20.6 Å². The van der Waals surface area contributed by atoms with E-state index in [4.69, 9.17) is 9.52 Å². The van der Waals surface area contributed by atoms with Crippen molar-refractivity contribution in [3.8, 4) is 11.3 Å². The summed E-state index contributed by atoms with van der Waals surface area (Å²) in [6, 6.07) is 6.32. The maximum atomic E-state index is 12.4. The van der Waals surface area contributed by atoms with Gasteiger partial charge in [-0.15, -0.1) is 0 Å². The molecule has 0 unspecified atom stereocenters. The molecule has 2 aromatic rings. The predicted molar refractivity (Wildman–Crippen MR) is 71.9 cm³/mol. The lowest BCUT2D eigenvalue weighted by molar-refractivity contribution is 0.277. The zero-order valence-electron chi connectivity index (χ0n) is 10.5. The maximum absolute atomic E-state index is 12.4. The van der Waals surface area contributed by atoms with Crippen LogP contribution in [0.1, 0.15) is 5.56 Å². The molecule has 2 heterocycles. The molecule has 7 heteroatoms. The van der Waals surface area contributed by atoms with Gasteiger partial charge in [0.25, 0.3) is 10.0 Å². The first-order valence-electron chi connectivity index (χ1n) is 5.82. The van der Waals surface area contributed by atoms with Crippen molar-refractivity contribution in [2.24, 2.45) is 0 Å². The summed E-state index contributed by atoms with van der Waals surface area (Å²) < 4.78 is 31.1. The quantitative estimate of drug-likeness (QED) is 0.845. The third kappa shape index (κ3) is 1.53. The van der Waals surface area contributed by atoms with Crippen molar-refractivity contribution >= 4 is 15.7 Å². The lowest BCUT2D eigenvalue weighted by Crippen LogP contribution is -2.35. The predicted octanol–water partition coefficient (Wildman–Crippen LogP) is 0.938. The summed E-state index contributed by atoms with van der Waals surface area (Å²) in [4.78, 5) is 12.3. The molecule has 1 aliphatic heterocycles. The van der Waals surface area contributed by atoms with Gasteiger partial charge in [0.2, 0.25) is 5.43 Å². The van der Waals surface area contributed by atoms with E-state index in [0.29, 0.717) is 5.56 Å². The molecule has 0 bridgehead atoms. The van der Waals surface area contributed by atoms with E-state index in [9.17, 15) is 13.2 Å². The highest BCUT2D eigenvalue weighted by molar-refractivity contribution is 7.93. The second-order valence-corrected chi connectivity index (χ2v) is 6.33. The first-order chi connectivity index (χ1) is 9.48. The Bertz CT molecular complexity index is 853. The zero-order chi connectivity index (χ0) is 14.5. The highest BCUT2D eigenvalue weighted by atomic mass is 32.2. The molecule has 1 N–H and O–H groups in total. The Balaban J connectivity index is 2.47. The van der Waals surface area contributed by atoms with Gasteiger partial charge in [0.05, 0.1) is 17.1 Å². The van der Waals surface area contributed by atoms with Crippen molar-refractivity contribution in [2.75, 3.05) is 11.4 Å². The molecule has 6 nitrogen and oxygen atoms in total. The topological polar surface area (TPSA) is 87.8 Å². The molecule has 0 fully saturated rings. The summed E-state index contributed by atoms with van der Waals surface area (Å²) in [7, 11) is -2.50. The van der Waals surface area contributed by atoms with Crippen LogP contribution in [0.4, 0.5) is 5.69 Å². The third-order valence-corrected chi connectivity index (χ3v) is 5.11. The Labute approximate surface area is 114 Å². The van der Waals surface area contributed by atoms with Gasteiger partial charge in [-0.25, -0.2) is 8.42 Å². The van der Waals surface area contributed by atoms with Crippen LogP contribution in [0.25, 0.3) is 11.3 Å². The number of aliphatic hydroxyl groups excluding tert-OH is 1. The smallest absolute Gasteiger partial charge is 0.265 e. The van der Waals surface area contributed by atoms with Gasteiger partial charge in [0, 0.05) is 12.6 Å². The molecule has 104 valence electrons. The van der Waals surface area contributed by atoms with Gasteiger partial charge in [-0.05, 0) is 12.1 Å². The number of hydrogen-bond acceptors (Lipinski definition) is 5. The second-order valence-electron chi connectivity index (χ2n) is 4.39. The summed E-state index contributed by atoms with van der Waals surface area (Å²) in [6.45, 7) is -0.509. The van der Waals surface area contributed by atoms with Crippen LogP contribution in [-0.2, 0) is 16.6 Å². The average Bonchev–Trinajstić information content (AvgIpc) is 2.45. The van der Waals surface area contributed by atoms with Crippen molar-refractivity contribution < 1.29 is 17.9 Å². The fourth-order valence-electron chi connectivity index (χ4n) is 2.23. The van der Waals surface area contributed by atoms with Crippen LogP contribution in [0.15, 0.2) is 44.6 Å². The lowest BCUT2D eigenvalue weighted by atomic mass is 10.1. The number of fused-ring (bicyclic) bond motifs is 3. The summed E-state index contributed by atoms with van der Waals surface area (Å²) in [5, 5.41) is 9.10. The standard InChI is InChI=1S/C13H11NO5S/c1-14-11-12(16)8(6-15)7-19-13(11)9-4-2-3-5-10(9)20(14,17)18/h2-5,7,15H,6H2,1H3. The van der Waals surface area contributed by atoms with E-state index < -0.39 is 22.1 Å². The van der Waals surface area contributed by atoms with E-state index in [0.717, 1.165) is 10.6 Å². The van der Waals surface area contributed by atoms with Gasteiger partial charge < -0.3 is 9.52 Å². The molecule has 3 rings (SSSR count). The van der Waals surface area contributed by atoms with Gasteiger partial charge >= 0.3 is 0 Å². The number of anilines is 1. The minimum atomic E-state index is -3.79. The number of rotatable bonds is 1. The molecule has 1 aromatic heterocycles. The number of hydrogen-bond donors (Lipinski definition) is 1. The molecule has 0 saturated heterocycles. The third-order valence-electron chi connectivity index (χ3n) is 3.30. The molecule has 0 aliphatic carbocycles. The van der Waals surface area contributed by atoms with Gasteiger partial charge in [0.15, 0.2) is 5.76 Å². The Morgan fingerprint density at radius 2 is 2.00 bits per heavy atom. The lowest BCUT2D eigenvalue weighted by Gasteiger charge is -2.27. The van der Waals surface area contributed by atoms with Crippen molar-refractivity contribution in [2.45, 2.75) is 11.5 Å². The Kier molecular flexibility index (Phi) is 2.70. The van der Waals surface area contributed by atoms with E-state index >= 15 is 0 Å². The maximum Gasteiger partial charge on any atom is 0.265 e. The fourth-order valence-corrected chi connectivity index (χ4v) is 3.62. The normalized spacial score (nSPS) is 15.6. The van der Waals surface area contributed by atoms with E-state index in [1.807, 2.05) is 0 Å². The Hall–Kier alpha value is -2.12. The van der Waals surface area contributed by atoms with Crippen molar-refractivity contribution in [3.05, 3.63) is 46.3 Å². The van der Waals surface area contributed by atoms with Crippen molar-refractivity contribution in [1.29, 1.82) is 0 Å². The summed E-state index contributed by atoms with van der Waals surface area (Å²) in [5.41, 5.74) is -0.253. The van der Waals surface area contributed by atoms with Crippen LogP contribution in [0.2, 0.25) is 0 Å². The monoisotopic (exact) mass is 293 g/mol. The molecule has 0 amide bonds. The zero-order valence-corrected chi connectivity index (χ0v) is 11.3. The minimum Gasteiger partial charge on any atom is -0.461 e. The molecule has 0 spiro atoms. The highest BCUT2D eigenvalue weighted by Crippen LogP contribution is 2.40. The first kappa shape index (κ1) is 12.9. The van der Waals surface area contributed by atoms with Crippen molar-refractivity contribution in [3.63, 3.8) is 0 Å². The SMILES string of the molecule is CN1c2c(occ(CO)c2=O)-c2ccccc2S1(=O)=O. The second kappa shape index (κ2) is 4.19. The molecule has 0 saturated carbocycles. The Morgan fingerprint density at radius 3 is 2.70 bits per heavy atom. The Morgan fingerprint density at radius 1 is 1.30 bits per heavy atom. The van der Waals surface area contributed by atoms with Crippen LogP contribution >= 0.6 is 0 Å². The van der Waals surface area contributed by atoms with E-state index in [2.05, 4.69) is 0 Å². The summed E-state index contributed by atoms with van der Waals surface area (Å²) >= 11 is 0. The van der Waals surface area contributed by atoms with Gasteiger partial charge in [-0.2, -0.15) is 0 Å². The molecular formula is C13H11NO5S. The molecule has 20 heavy (non-hydrogen) atoms. The van der Waals surface area contributed by atoms with Gasteiger partial charge in [0.1, 0.15) is 12.0 Å². The van der Waals surface area contributed by atoms with Crippen LogP contribution in [0.3, 0.4) is 0 Å². The van der Waals surface area contributed by atoms with Crippen LogP contribution in [0.5, 0.6) is 0 Å². The summed E-state index contributed by atoms with van der Waals surface area (Å²) in [5.74, 6) is 0.195. The first-order valence-corrected chi connectivity index (χ1v) is 7.26. The van der Waals surface area contributed by atoms with Crippen LogP contribution < -0.4 is 9.73 Å². The highest BCUT2D eigenvalue weighted by Gasteiger charge is 2.36. The average molecular weight is 293 g/mol. The molecule has 1 aliphatic rings. The van der Waals surface area contributed by atoms with E-state index in [-0.39, 0.29) is 21.9 Å². The van der Waals surface area contributed by atoms with Gasteiger partial charge in [-0.1, -0.05) is 12.1 Å². The fraction of sp³-hybridized carbons (Fsp3) is 0.154. The summed E-state index contributed by atoms with van der Waals surface area (Å²) in [6.07, 6.45) is 1.16. The molecule has 1 aromatic carbocycles. The molecular weight excluding hydrogens is 282 g/mol. The number of aliphatic hydroxyl groups is 1. The molecule has 0 atom stereocenters. The largest absolute Gasteiger partial charge is 0.461 e. The number of nitrogens with zero attached hydrogens (tertiary/aromatic N) is 1. The van der Waals surface area contributed by atoms with E-state index in [1.165, 1.54) is 13.1 Å². The van der Waals surface area contributed by atoms with Gasteiger partial charge in [-0.3, -0.25) is 9.10 Å². The van der Waals surface area contributed by atoms with Crippen molar-refractivity contribution in [1.82, 2.24) is 0 Å². The molecule has 0 radical (unpaired) electrons. The number of benzene rings is 1. The van der Waals surface area contributed by atoms with Crippen LogP contribution in [0, 0.1) is 0 Å².